The van der Waals surface area contributed by atoms with Gasteiger partial charge >= 0.3 is 0 Å². The zero-order chi connectivity index (χ0) is 15.3. The average molecular weight is 351 g/mol. The lowest BCUT2D eigenvalue weighted by Gasteiger charge is -2.27. The van der Waals surface area contributed by atoms with Gasteiger partial charge in [0, 0.05) is 10.9 Å². The normalized spacial score (nSPS) is 21.6. The van der Waals surface area contributed by atoms with Gasteiger partial charge in [-0.1, -0.05) is 6.07 Å². The van der Waals surface area contributed by atoms with Crippen LogP contribution in [-0.4, -0.2) is 34.6 Å². The number of aryl methyl sites for hydroxylation is 1. The Hall–Kier alpha value is -2.02. The Kier molecular flexibility index (Phi) is 3.16. The number of nitrogens with zero attached hydrogens (tertiary/aromatic N) is 1. The summed E-state index contributed by atoms with van der Waals surface area (Å²) in [6, 6.07) is 2.39. The molecule has 0 saturated carbocycles. The molecular weight excluding hydrogens is 340 g/mol. The Morgan fingerprint density at radius 3 is 2.57 bits per heavy atom. The van der Waals surface area contributed by atoms with Gasteiger partial charge in [-0.3, -0.25) is 29.4 Å². The summed E-state index contributed by atoms with van der Waals surface area (Å²) < 4.78 is 0.563. The molecule has 0 radical (unpaired) electrons. The predicted molar refractivity (Wildman–Crippen MR) is 75.6 cm³/mol. The molecule has 1 N–H and O–H groups in total. The highest BCUT2D eigenvalue weighted by atomic mass is 79.9. The van der Waals surface area contributed by atoms with E-state index in [-0.39, 0.29) is 29.9 Å². The van der Waals surface area contributed by atoms with Crippen molar-refractivity contribution in [1.82, 2.24) is 10.2 Å². The molecule has 0 aliphatic carbocycles. The van der Waals surface area contributed by atoms with E-state index in [9.17, 15) is 19.2 Å². The number of piperidine rings is 1. The van der Waals surface area contributed by atoms with Crippen LogP contribution in [0.2, 0.25) is 0 Å². The van der Waals surface area contributed by atoms with E-state index in [1.165, 1.54) is 0 Å². The molecule has 0 bridgehead atoms. The molecule has 1 fully saturated rings. The molecule has 1 aromatic rings. The minimum atomic E-state index is -0.928. The van der Waals surface area contributed by atoms with Crippen LogP contribution in [0.3, 0.4) is 0 Å². The molecule has 1 unspecified atom stereocenters. The summed E-state index contributed by atoms with van der Waals surface area (Å²) in [4.78, 5) is 49.0. The number of hydrogen-bond donors (Lipinski definition) is 1. The summed E-state index contributed by atoms with van der Waals surface area (Å²) in [5, 5.41) is 2.16. The largest absolute Gasteiger partial charge is 0.295 e. The Balaban J connectivity index is 2.02. The van der Waals surface area contributed by atoms with Gasteiger partial charge in [-0.05, 0) is 40.9 Å². The second kappa shape index (κ2) is 4.77. The third-order valence-corrected chi connectivity index (χ3v) is 4.76. The monoisotopic (exact) mass is 350 g/mol. The van der Waals surface area contributed by atoms with Crippen LogP contribution in [0.4, 0.5) is 0 Å². The van der Waals surface area contributed by atoms with Crippen LogP contribution >= 0.6 is 15.9 Å². The lowest BCUT2D eigenvalue weighted by atomic mass is 10.0. The number of amides is 4. The SMILES string of the molecule is Cc1ccc2c(c1Br)C(=O)N(C1CCC(=O)NC1=O)C2=O. The molecule has 2 aliphatic heterocycles. The molecular formula is C14H11BrN2O4. The minimum absolute atomic E-state index is 0.115. The van der Waals surface area contributed by atoms with Crippen LogP contribution in [-0.2, 0) is 9.59 Å². The van der Waals surface area contributed by atoms with Gasteiger partial charge < -0.3 is 0 Å². The van der Waals surface area contributed by atoms with Crippen molar-refractivity contribution >= 4 is 39.6 Å². The zero-order valence-corrected chi connectivity index (χ0v) is 12.7. The van der Waals surface area contributed by atoms with E-state index < -0.39 is 23.8 Å². The Labute approximate surface area is 128 Å². The first-order chi connectivity index (χ1) is 9.91. The standard InChI is InChI=1S/C14H11BrN2O4/c1-6-2-3-7-10(11(6)15)14(21)17(13(7)20)8-4-5-9(18)16-12(8)19/h2-3,8H,4-5H2,1H3,(H,16,18,19). The number of imide groups is 2. The van der Waals surface area contributed by atoms with Crippen molar-refractivity contribution in [2.24, 2.45) is 0 Å². The van der Waals surface area contributed by atoms with E-state index in [0.29, 0.717) is 4.47 Å². The first kappa shape index (κ1) is 13.9. The Bertz CT molecular complexity index is 713. The Morgan fingerprint density at radius 2 is 1.90 bits per heavy atom. The van der Waals surface area contributed by atoms with Gasteiger partial charge in [-0.25, -0.2) is 0 Å². The van der Waals surface area contributed by atoms with Gasteiger partial charge in [-0.2, -0.15) is 0 Å². The van der Waals surface area contributed by atoms with Crippen LogP contribution in [0.15, 0.2) is 16.6 Å². The molecule has 0 spiro atoms. The third kappa shape index (κ3) is 1.99. The summed E-state index contributed by atoms with van der Waals surface area (Å²) in [5.41, 5.74) is 1.40. The van der Waals surface area contributed by atoms with Gasteiger partial charge in [0.05, 0.1) is 11.1 Å². The Morgan fingerprint density at radius 1 is 1.19 bits per heavy atom. The maximum absolute atomic E-state index is 12.5. The first-order valence-corrected chi connectivity index (χ1v) is 7.22. The highest BCUT2D eigenvalue weighted by Gasteiger charge is 2.45. The molecule has 1 atom stereocenters. The topological polar surface area (TPSA) is 83.6 Å². The average Bonchev–Trinajstić information content (AvgIpc) is 2.67. The number of hydrogen-bond acceptors (Lipinski definition) is 4. The summed E-state index contributed by atoms with van der Waals surface area (Å²) in [6.07, 6.45) is 0.275. The number of benzene rings is 1. The molecule has 108 valence electrons. The highest BCUT2D eigenvalue weighted by Crippen LogP contribution is 2.34. The molecule has 1 saturated heterocycles. The van der Waals surface area contributed by atoms with E-state index in [1.807, 2.05) is 6.92 Å². The molecule has 4 amide bonds. The summed E-state index contributed by atoms with van der Waals surface area (Å²) >= 11 is 3.32. The first-order valence-electron chi connectivity index (χ1n) is 6.42. The second-order valence-electron chi connectivity index (χ2n) is 5.07. The quantitative estimate of drug-likeness (QED) is 0.770. The molecule has 21 heavy (non-hydrogen) atoms. The van der Waals surface area contributed by atoms with Gasteiger partial charge in [0.2, 0.25) is 11.8 Å². The summed E-state index contributed by atoms with van der Waals surface area (Å²) in [7, 11) is 0. The fraction of sp³-hybridized carbons (Fsp3) is 0.286. The molecule has 1 aromatic carbocycles. The van der Waals surface area contributed by atoms with Crippen molar-refractivity contribution in [2.75, 3.05) is 0 Å². The molecule has 7 heteroatoms. The van der Waals surface area contributed by atoms with Crippen molar-refractivity contribution in [2.45, 2.75) is 25.8 Å². The van der Waals surface area contributed by atoms with Crippen molar-refractivity contribution in [3.63, 3.8) is 0 Å². The fourth-order valence-electron chi connectivity index (χ4n) is 2.62. The lowest BCUT2D eigenvalue weighted by molar-refractivity contribution is -0.136. The van der Waals surface area contributed by atoms with Crippen LogP contribution in [0.1, 0.15) is 39.1 Å². The lowest BCUT2D eigenvalue weighted by Crippen LogP contribution is -2.54. The van der Waals surface area contributed by atoms with E-state index in [4.69, 9.17) is 0 Å². The summed E-state index contributed by atoms with van der Waals surface area (Å²) in [5.74, 6) is -1.98. The maximum Gasteiger partial charge on any atom is 0.263 e. The van der Waals surface area contributed by atoms with Crippen LogP contribution in [0, 0.1) is 6.92 Å². The van der Waals surface area contributed by atoms with E-state index in [0.717, 1.165) is 10.5 Å². The predicted octanol–water partition coefficient (Wildman–Crippen LogP) is 1.16. The van der Waals surface area contributed by atoms with Gasteiger partial charge in [0.25, 0.3) is 11.8 Å². The third-order valence-electron chi connectivity index (χ3n) is 3.74. The van der Waals surface area contributed by atoms with E-state index in [2.05, 4.69) is 21.2 Å². The van der Waals surface area contributed by atoms with E-state index in [1.54, 1.807) is 12.1 Å². The summed E-state index contributed by atoms with van der Waals surface area (Å²) in [6.45, 7) is 1.82. The van der Waals surface area contributed by atoms with Crippen LogP contribution in [0.25, 0.3) is 0 Å². The highest BCUT2D eigenvalue weighted by molar-refractivity contribution is 9.10. The number of carbonyl (C=O) groups is 4. The van der Waals surface area contributed by atoms with Crippen molar-refractivity contribution in [3.05, 3.63) is 33.3 Å². The van der Waals surface area contributed by atoms with E-state index >= 15 is 0 Å². The fourth-order valence-corrected chi connectivity index (χ4v) is 3.14. The number of carbonyl (C=O) groups excluding carboxylic acids is 4. The number of halogens is 1. The molecule has 3 rings (SSSR count). The second-order valence-corrected chi connectivity index (χ2v) is 5.86. The van der Waals surface area contributed by atoms with Gasteiger partial charge in [0.1, 0.15) is 6.04 Å². The zero-order valence-electron chi connectivity index (χ0n) is 11.1. The molecule has 2 heterocycles. The smallest absolute Gasteiger partial charge is 0.263 e. The van der Waals surface area contributed by atoms with Gasteiger partial charge in [0.15, 0.2) is 0 Å². The van der Waals surface area contributed by atoms with Crippen molar-refractivity contribution in [3.8, 4) is 0 Å². The number of fused-ring (bicyclic) bond motifs is 1. The van der Waals surface area contributed by atoms with Crippen LogP contribution in [0.5, 0.6) is 0 Å². The number of nitrogens with one attached hydrogen (secondary N) is 1. The van der Waals surface area contributed by atoms with Gasteiger partial charge in [-0.15, -0.1) is 0 Å². The van der Waals surface area contributed by atoms with Crippen LogP contribution < -0.4 is 5.32 Å². The molecule has 0 aromatic heterocycles. The minimum Gasteiger partial charge on any atom is -0.295 e. The van der Waals surface area contributed by atoms with Crippen molar-refractivity contribution in [1.29, 1.82) is 0 Å². The van der Waals surface area contributed by atoms with Crippen molar-refractivity contribution < 1.29 is 19.2 Å². The number of rotatable bonds is 1. The maximum atomic E-state index is 12.5. The molecule has 6 nitrogen and oxygen atoms in total. The molecule has 2 aliphatic rings.